The molecular formula is C13H20N4O2S. The minimum Gasteiger partial charge on any atom is -0.357 e. The summed E-state index contributed by atoms with van der Waals surface area (Å²) in [6, 6.07) is 6.67. The molecular weight excluding hydrogens is 276 g/mol. The summed E-state index contributed by atoms with van der Waals surface area (Å²) in [5.74, 6) is 1.66. The summed E-state index contributed by atoms with van der Waals surface area (Å²) in [4.78, 5) is 14.9. The van der Waals surface area contributed by atoms with Crippen molar-refractivity contribution < 1.29 is 4.92 Å². The van der Waals surface area contributed by atoms with Gasteiger partial charge in [-0.15, -0.1) is 0 Å². The molecule has 0 heterocycles. The number of hydrogen-bond acceptors (Lipinski definition) is 4. The third kappa shape index (κ3) is 5.48. The molecule has 0 unspecified atom stereocenters. The van der Waals surface area contributed by atoms with Crippen molar-refractivity contribution in [2.75, 3.05) is 25.1 Å². The molecule has 0 bridgehead atoms. The summed E-state index contributed by atoms with van der Waals surface area (Å²) in [6.45, 7) is 3.83. The third-order valence-corrected chi connectivity index (χ3v) is 3.15. The highest BCUT2D eigenvalue weighted by Crippen LogP contribution is 2.18. The lowest BCUT2D eigenvalue weighted by Crippen LogP contribution is -2.38. The lowest BCUT2D eigenvalue weighted by Gasteiger charge is -2.10. The van der Waals surface area contributed by atoms with E-state index in [4.69, 9.17) is 0 Å². The second kappa shape index (κ2) is 9.19. The van der Waals surface area contributed by atoms with Gasteiger partial charge in [0.25, 0.3) is 5.69 Å². The molecule has 0 radical (unpaired) electrons. The second-order valence-corrected chi connectivity index (χ2v) is 4.99. The Hall–Kier alpha value is -1.76. The van der Waals surface area contributed by atoms with Gasteiger partial charge in [0.1, 0.15) is 0 Å². The van der Waals surface area contributed by atoms with Crippen LogP contribution in [0.4, 0.5) is 5.69 Å². The van der Waals surface area contributed by atoms with Crippen molar-refractivity contribution in [1.29, 1.82) is 0 Å². The highest BCUT2D eigenvalue weighted by atomic mass is 32.2. The zero-order valence-corrected chi connectivity index (χ0v) is 12.6. The van der Waals surface area contributed by atoms with Gasteiger partial charge in [-0.2, -0.15) is 11.8 Å². The SMILES string of the molecule is CCNC(=NCc1ccccc1[N+](=O)[O-])NCCSC. The van der Waals surface area contributed by atoms with Gasteiger partial charge < -0.3 is 10.6 Å². The maximum atomic E-state index is 10.9. The van der Waals surface area contributed by atoms with Crippen LogP contribution in [0.2, 0.25) is 0 Å². The zero-order chi connectivity index (χ0) is 14.8. The van der Waals surface area contributed by atoms with E-state index in [0.717, 1.165) is 18.8 Å². The number of guanidine groups is 1. The fourth-order valence-electron chi connectivity index (χ4n) is 1.60. The Kier molecular flexibility index (Phi) is 7.49. The second-order valence-electron chi connectivity index (χ2n) is 4.00. The van der Waals surface area contributed by atoms with E-state index in [1.54, 1.807) is 30.0 Å². The number of nitrogens with zero attached hydrogens (tertiary/aromatic N) is 2. The standard InChI is InChI=1S/C13H20N4O2S/c1-3-14-13(15-8-9-20-2)16-10-11-6-4-5-7-12(11)17(18)19/h4-7H,3,8-10H2,1-2H3,(H2,14,15,16). The Morgan fingerprint density at radius 2 is 2.15 bits per heavy atom. The Bertz CT molecular complexity index is 465. The van der Waals surface area contributed by atoms with Gasteiger partial charge in [-0.3, -0.25) is 10.1 Å². The Labute approximate surface area is 123 Å². The van der Waals surface area contributed by atoms with Crippen LogP contribution < -0.4 is 10.6 Å². The van der Waals surface area contributed by atoms with E-state index in [1.807, 2.05) is 13.2 Å². The van der Waals surface area contributed by atoms with Gasteiger partial charge in [-0.1, -0.05) is 18.2 Å². The average molecular weight is 296 g/mol. The van der Waals surface area contributed by atoms with Crippen molar-refractivity contribution in [3.63, 3.8) is 0 Å². The largest absolute Gasteiger partial charge is 0.357 e. The van der Waals surface area contributed by atoms with Crippen LogP contribution in [0.3, 0.4) is 0 Å². The van der Waals surface area contributed by atoms with E-state index in [0.29, 0.717) is 11.5 Å². The van der Waals surface area contributed by atoms with Gasteiger partial charge in [0, 0.05) is 24.9 Å². The highest BCUT2D eigenvalue weighted by Gasteiger charge is 2.11. The summed E-state index contributed by atoms with van der Waals surface area (Å²) in [5, 5.41) is 17.2. The molecule has 20 heavy (non-hydrogen) atoms. The maximum Gasteiger partial charge on any atom is 0.274 e. The number of rotatable bonds is 7. The molecule has 0 aliphatic heterocycles. The molecule has 6 nitrogen and oxygen atoms in total. The van der Waals surface area contributed by atoms with Crippen LogP contribution in [0.15, 0.2) is 29.3 Å². The first-order valence-electron chi connectivity index (χ1n) is 6.42. The van der Waals surface area contributed by atoms with Crippen LogP contribution in [0.25, 0.3) is 0 Å². The van der Waals surface area contributed by atoms with Crippen molar-refractivity contribution in [1.82, 2.24) is 10.6 Å². The summed E-state index contributed by atoms with van der Waals surface area (Å²) in [5.41, 5.74) is 0.718. The van der Waals surface area contributed by atoms with E-state index in [2.05, 4.69) is 15.6 Å². The van der Waals surface area contributed by atoms with Crippen molar-refractivity contribution >= 4 is 23.4 Å². The molecule has 0 spiro atoms. The summed E-state index contributed by atoms with van der Waals surface area (Å²) in [6.07, 6.45) is 2.04. The fraction of sp³-hybridized carbons (Fsp3) is 0.462. The monoisotopic (exact) mass is 296 g/mol. The molecule has 0 amide bonds. The van der Waals surface area contributed by atoms with Crippen molar-refractivity contribution in [2.24, 2.45) is 4.99 Å². The number of thioether (sulfide) groups is 1. The number of para-hydroxylation sites is 1. The van der Waals surface area contributed by atoms with Gasteiger partial charge in [0.05, 0.1) is 17.0 Å². The molecule has 0 saturated heterocycles. The molecule has 0 saturated carbocycles. The first kappa shape index (κ1) is 16.3. The van der Waals surface area contributed by atoms with E-state index in [1.165, 1.54) is 6.07 Å². The van der Waals surface area contributed by atoms with Gasteiger partial charge in [0.15, 0.2) is 5.96 Å². The maximum absolute atomic E-state index is 10.9. The van der Waals surface area contributed by atoms with E-state index in [-0.39, 0.29) is 17.2 Å². The molecule has 1 aromatic rings. The lowest BCUT2D eigenvalue weighted by atomic mass is 10.2. The van der Waals surface area contributed by atoms with Crippen molar-refractivity contribution in [3.05, 3.63) is 39.9 Å². The quantitative estimate of drug-likeness (QED) is 0.264. The number of benzene rings is 1. The van der Waals surface area contributed by atoms with Crippen LogP contribution in [-0.4, -0.2) is 36.0 Å². The Morgan fingerprint density at radius 3 is 2.80 bits per heavy atom. The van der Waals surface area contributed by atoms with E-state index < -0.39 is 0 Å². The van der Waals surface area contributed by atoms with Crippen LogP contribution in [0, 0.1) is 10.1 Å². The van der Waals surface area contributed by atoms with Gasteiger partial charge in [0.2, 0.25) is 0 Å². The van der Waals surface area contributed by atoms with Crippen LogP contribution >= 0.6 is 11.8 Å². The molecule has 2 N–H and O–H groups in total. The average Bonchev–Trinajstić information content (AvgIpc) is 2.45. The topological polar surface area (TPSA) is 79.6 Å². The Balaban J connectivity index is 2.73. The van der Waals surface area contributed by atoms with Gasteiger partial charge >= 0.3 is 0 Å². The van der Waals surface area contributed by atoms with Gasteiger partial charge in [-0.25, -0.2) is 4.99 Å². The molecule has 0 aliphatic rings. The Morgan fingerprint density at radius 1 is 1.40 bits per heavy atom. The first-order valence-corrected chi connectivity index (χ1v) is 7.81. The molecule has 1 aromatic carbocycles. The van der Waals surface area contributed by atoms with Crippen LogP contribution in [-0.2, 0) is 6.54 Å². The van der Waals surface area contributed by atoms with Crippen LogP contribution in [0.1, 0.15) is 12.5 Å². The lowest BCUT2D eigenvalue weighted by molar-refractivity contribution is -0.385. The minimum absolute atomic E-state index is 0.108. The smallest absolute Gasteiger partial charge is 0.274 e. The van der Waals surface area contributed by atoms with Crippen molar-refractivity contribution in [3.8, 4) is 0 Å². The van der Waals surface area contributed by atoms with Crippen molar-refractivity contribution in [2.45, 2.75) is 13.5 Å². The number of nitro groups is 1. The van der Waals surface area contributed by atoms with Gasteiger partial charge in [-0.05, 0) is 13.2 Å². The molecule has 0 aromatic heterocycles. The zero-order valence-electron chi connectivity index (χ0n) is 11.8. The number of nitro benzene ring substituents is 1. The molecule has 0 atom stereocenters. The number of nitrogens with one attached hydrogen (secondary N) is 2. The van der Waals surface area contributed by atoms with Crippen LogP contribution in [0.5, 0.6) is 0 Å². The highest BCUT2D eigenvalue weighted by molar-refractivity contribution is 7.98. The fourth-order valence-corrected chi connectivity index (χ4v) is 1.91. The molecule has 110 valence electrons. The van der Waals surface area contributed by atoms with E-state index in [9.17, 15) is 10.1 Å². The first-order chi connectivity index (χ1) is 9.69. The number of hydrogen-bond donors (Lipinski definition) is 2. The summed E-state index contributed by atoms with van der Waals surface area (Å²) in [7, 11) is 0. The molecule has 0 aliphatic carbocycles. The predicted molar refractivity (Wildman–Crippen MR) is 84.3 cm³/mol. The summed E-state index contributed by atoms with van der Waals surface area (Å²) < 4.78 is 0. The third-order valence-electron chi connectivity index (χ3n) is 2.54. The predicted octanol–water partition coefficient (Wildman–Crippen LogP) is 2.01. The normalized spacial score (nSPS) is 11.2. The minimum atomic E-state index is -0.376. The molecule has 1 rings (SSSR count). The van der Waals surface area contributed by atoms with E-state index >= 15 is 0 Å². The number of aliphatic imine (C=N–C) groups is 1. The molecule has 0 fully saturated rings. The summed E-state index contributed by atoms with van der Waals surface area (Å²) >= 11 is 1.75. The molecule has 7 heteroatoms.